The molecule has 1 heterocycles. The molecule has 0 spiro atoms. The fraction of sp³-hybridized carbons (Fsp3) is 0.900. The molecule has 0 bridgehead atoms. The van der Waals surface area contributed by atoms with Crippen molar-refractivity contribution in [2.45, 2.75) is 57.7 Å². The Labute approximate surface area is 74.3 Å². The summed E-state index contributed by atoms with van der Waals surface area (Å²) in [5, 5.41) is 0. The molecule has 0 unspecified atom stereocenters. The van der Waals surface area contributed by atoms with Crippen molar-refractivity contribution in [1.82, 2.24) is 0 Å². The fourth-order valence-corrected chi connectivity index (χ4v) is 1.53. The highest BCUT2D eigenvalue weighted by Crippen LogP contribution is 2.39. The van der Waals surface area contributed by atoms with Crippen molar-refractivity contribution >= 4 is 6.29 Å². The highest BCUT2D eigenvalue weighted by molar-refractivity contribution is 5.62. The highest BCUT2D eigenvalue weighted by atomic mass is 16.6. The van der Waals surface area contributed by atoms with E-state index in [9.17, 15) is 4.79 Å². The van der Waals surface area contributed by atoms with Crippen LogP contribution < -0.4 is 0 Å². The zero-order valence-corrected chi connectivity index (χ0v) is 8.01. The van der Waals surface area contributed by atoms with Crippen LogP contribution in [-0.2, 0) is 9.53 Å². The van der Waals surface area contributed by atoms with Gasteiger partial charge in [0.1, 0.15) is 6.10 Å². The van der Waals surface area contributed by atoms with Gasteiger partial charge in [-0.15, -0.1) is 0 Å². The van der Waals surface area contributed by atoms with Crippen LogP contribution in [0.25, 0.3) is 0 Å². The fourth-order valence-electron chi connectivity index (χ4n) is 1.53. The summed E-state index contributed by atoms with van der Waals surface area (Å²) < 4.78 is 5.27. The molecule has 1 aliphatic rings. The Hall–Kier alpha value is -0.370. The molecule has 0 aromatic heterocycles. The molecule has 0 aromatic rings. The quantitative estimate of drug-likeness (QED) is 0.348. The van der Waals surface area contributed by atoms with E-state index in [1.807, 2.05) is 6.92 Å². The molecule has 70 valence electrons. The van der Waals surface area contributed by atoms with Crippen molar-refractivity contribution in [3.8, 4) is 0 Å². The van der Waals surface area contributed by atoms with Crippen LogP contribution in [0.1, 0.15) is 46.0 Å². The van der Waals surface area contributed by atoms with E-state index in [2.05, 4.69) is 6.92 Å². The van der Waals surface area contributed by atoms with Gasteiger partial charge in [-0.25, -0.2) is 0 Å². The molecule has 1 saturated heterocycles. The summed E-state index contributed by atoms with van der Waals surface area (Å²) in [6, 6.07) is 0. The van der Waals surface area contributed by atoms with E-state index in [-0.39, 0.29) is 11.7 Å². The zero-order chi connectivity index (χ0) is 9.03. The molecule has 2 nitrogen and oxygen atoms in total. The molecule has 0 saturated carbocycles. The minimum Gasteiger partial charge on any atom is -0.358 e. The lowest BCUT2D eigenvalue weighted by molar-refractivity contribution is -0.108. The van der Waals surface area contributed by atoms with Gasteiger partial charge in [0.05, 0.1) is 5.60 Å². The van der Waals surface area contributed by atoms with Gasteiger partial charge in [-0.3, -0.25) is 0 Å². The molecule has 0 N–H and O–H groups in total. The van der Waals surface area contributed by atoms with Crippen LogP contribution in [0, 0.1) is 0 Å². The van der Waals surface area contributed by atoms with Gasteiger partial charge in [-0.1, -0.05) is 32.6 Å². The third kappa shape index (κ3) is 2.31. The van der Waals surface area contributed by atoms with Gasteiger partial charge in [0.15, 0.2) is 6.29 Å². The van der Waals surface area contributed by atoms with Crippen molar-refractivity contribution in [3.63, 3.8) is 0 Å². The van der Waals surface area contributed by atoms with Gasteiger partial charge in [0.25, 0.3) is 0 Å². The topological polar surface area (TPSA) is 29.6 Å². The summed E-state index contributed by atoms with van der Waals surface area (Å²) in [4.78, 5) is 10.3. The number of rotatable bonds is 6. The summed E-state index contributed by atoms with van der Waals surface area (Å²) in [6.07, 6.45) is 6.85. The maximum atomic E-state index is 10.3. The molecule has 12 heavy (non-hydrogen) atoms. The minimum absolute atomic E-state index is 0.102. The van der Waals surface area contributed by atoms with Gasteiger partial charge < -0.3 is 9.53 Å². The van der Waals surface area contributed by atoms with Crippen LogP contribution in [-0.4, -0.2) is 18.0 Å². The normalized spacial score (nSPS) is 33.3. The summed E-state index contributed by atoms with van der Waals surface area (Å²) in [5.41, 5.74) is -0.102. The second-order valence-corrected chi connectivity index (χ2v) is 3.80. The van der Waals surface area contributed by atoms with Crippen molar-refractivity contribution in [2.24, 2.45) is 0 Å². The van der Waals surface area contributed by atoms with Crippen LogP contribution in [0.2, 0.25) is 0 Å². The second-order valence-electron chi connectivity index (χ2n) is 3.80. The molecule has 0 aliphatic carbocycles. The molecule has 0 amide bonds. The SMILES string of the molecule is CCCCCC[C@]1(C)O[C@H]1C=O. The van der Waals surface area contributed by atoms with E-state index in [1.165, 1.54) is 25.7 Å². The first-order valence-corrected chi connectivity index (χ1v) is 4.86. The van der Waals surface area contributed by atoms with E-state index >= 15 is 0 Å². The van der Waals surface area contributed by atoms with Crippen molar-refractivity contribution in [3.05, 3.63) is 0 Å². The Morgan fingerprint density at radius 3 is 2.67 bits per heavy atom. The summed E-state index contributed by atoms with van der Waals surface area (Å²) in [6.45, 7) is 4.22. The first kappa shape index (κ1) is 9.72. The van der Waals surface area contributed by atoms with E-state index in [4.69, 9.17) is 4.74 Å². The van der Waals surface area contributed by atoms with Crippen LogP contribution in [0.4, 0.5) is 0 Å². The van der Waals surface area contributed by atoms with Crippen molar-refractivity contribution < 1.29 is 9.53 Å². The predicted octanol–water partition coefficient (Wildman–Crippen LogP) is 2.31. The van der Waals surface area contributed by atoms with Crippen LogP contribution >= 0.6 is 0 Å². The van der Waals surface area contributed by atoms with Crippen molar-refractivity contribution in [1.29, 1.82) is 0 Å². The van der Waals surface area contributed by atoms with Gasteiger partial charge >= 0.3 is 0 Å². The summed E-state index contributed by atoms with van der Waals surface area (Å²) >= 11 is 0. The maximum Gasteiger partial charge on any atom is 0.151 e. The Morgan fingerprint density at radius 2 is 2.17 bits per heavy atom. The number of carbonyl (C=O) groups is 1. The van der Waals surface area contributed by atoms with Crippen molar-refractivity contribution in [2.75, 3.05) is 0 Å². The first-order valence-electron chi connectivity index (χ1n) is 4.86. The molecule has 2 atom stereocenters. The van der Waals surface area contributed by atoms with Gasteiger partial charge in [-0.2, -0.15) is 0 Å². The number of hydrogen-bond acceptors (Lipinski definition) is 2. The average molecular weight is 170 g/mol. The zero-order valence-electron chi connectivity index (χ0n) is 8.01. The number of ether oxygens (including phenoxy) is 1. The molecule has 2 heteroatoms. The lowest BCUT2D eigenvalue weighted by Gasteiger charge is -2.03. The second kappa shape index (κ2) is 4.04. The van der Waals surface area contributed by atoms with Gasteiger partial charge in [-0.05, 0) is 13.3 Å². The number of carbonyl (C=O) groups excluding carboxylic acids is 1. The lowest BCUT2D eigenvalue weighted by Crippen LogP contribution is -2.10. The third-order valence-corrected chi connectivity index (χ3v) is 2.59. The van der Waals surface area contributed by atoms with Crippen LogP contribution in [0.3, 0.4) is 0 Å². The molecule has 1 aliphatic heterocycles. The van der Waals surface area contributed by atoms with E-state index in [0.29, 0.717) is 0 Å². The Bertz CT molecular complexity index is 156. The van der Waals surface area contributed by atoms with E-state index in [1.54, 1.807) is 0 Å². The van der Waals surface area contributed by atoms with E-state index in [0.717, 1.165) is 12.7 Å². The highest BCUT2D eigenvalue weighted by Gasteiger charge is 2.51. The predicted molar refractivity (Wildman–Crippen MR) is 48.1 cm³/mol. The Morgan fingerprint density at radius 1 is 1.42 bits per heavy atom. The molecular weight excluding hydrogens is 152 g/mol. The molecule has 1 rings (SSSR count). The maximum absolute atomic E-state index is 10.3. The molecule has 0 radical (unpaired) electrons. The molecule has 0 aromatic carbocycles. The minimum atomic E-state index is -0.112. The number of epoxide rings is 1. The summed E-state index contributed by atoms with van der Waals surface area (Å²) in [5.74, 6) is 0. The lowest BCUT2D eigenvalue weighted by atomic mass is 10.00. The van der Waals surface area contributed by atoms with Gasteiger partial charge in [0, 0.05) is 0 Å². The Kier molecular flexibility index (Phi) is 3.27. The smallest absolute Gasteiger partial charge is 0.151 e. The molecular formula is C10H18O2. The number of unbranched alkanes of at least 4 members (excludes halogenated alkanes) is 3. The van der Waals surface area contributed by atoms with Crippen LogP contribution in [0.5, 0.6) is 0 Å². The summed E-state index contributed by atoms with van der Waals surface area (Å²) in [7, 11) is 0. The Balaban J connectivity index is 2.04. The largest absolute Gasteiger partial charge is 0.358 e. The van der Waals surface area contributed by atoms with E-state index < -0.39 is 0 Å². The molecule has 1 fully saturated rings. The first-order chi connectivity index (χ1) is 5.73. The average Bonchev–Trinajstić information content (AvgIpc) is 2.72. The monoisotopic (exact) mass is 170 g/mol. The number of aldehydes is 1. The van der Waals surface area contributed by atoms with Gasteiger partial charge in [0.2, 0.25) is 0 Å². The van der Waals surface area contributed by atoms with Crippen LogP contribution in [0.15, 0.2) is 0 Å². The number of hydrogen-bond donors (Lipinski definition) is 0. The standard InChI is InChI=1S/C10H18O2/c1-3-4-5-6-7-10(2)9(8-11)12-10/h8-9H,3-7H2,1-2H3/t9-,10-/m0/s1. The third-order valence-electron chi connectivity index (χ3n) is 2.59.